The maximum Gasteiger partial charge on any atom is 0.121 e. The minimum Gasteiger partial charge on any atom is -0.508 e. The first kappa shape index (κ1) is 11.9. The number of hydrogen-bond acceptors (Lipinski definition) is 3. The van der Waals surface area contributed by atoms with Crippen LogP contribution in [0.5, 0.6) is 5.75 Å². The van der Waals surface area contributed by atoms with E-state index < -0.39 is 0 Å². The second-order valence-corrected chi connectivity index (χ2v) is 5.05. The Balaban J connectivity index is 1.80. The molecule has 16 heavy (non-hydrogen) atoms. The Bertz CT molecular complexity index is 351. The lowest BCUT2D eigenvalue weighted by Crippen LogP contribution is -2.22. The third kappa shape index (κ3) is 3.20. The van der Waals surface area contributed by atoms with Crippen LogP contribution in [0.2, 0.25) is 0 Å². The number of halogens is 1. The molecule has 3 nitrogen and oxygen atoms in total. The zero-order chi connectivity index (χ0) is 11.4. The molecule has 1 fully saturated rings. The number of phenols is 1. The molecular formula is C12H16BrNO2. The average molecular weight is 286 g/mol. The van der Waals surface area contributed by atoms with Crippen LogP contribution in [0, 0.1) is 5.92 Å². The summed E-state index contributed by atoms with van der Waals surface area (Å²) in [5, 5.41) is 13.0. The SMILES string of the molecule is Oc1cc(Br)ccc1CNCC1CCOC1. The van der Waals surface area contributed by atoms with Gasteiger partial charge in [-0.05, 0) is 24.5 Å². The number of benzene rings is 1. The molecule has 1 heterocycles. The molecule has 1 aromatic rings. The maximum atomic E-state index is 9.69. The molecule has 0 bridgehead atoms. The molecule has 0 amide bonds. The Hall–Kier alpha value is -0.580. The zero-order valence-electron chi connectivity index (χ0n) is 9.08. The first-order valence-corrected chi connectivity index (χ1v) is 6.31. The van der Waals surface area contributed by atoms with E-state index in [0.29, 0.717) is 18.2 Å². The summed E-state index contributed by atoms with van der Waals surface area (Å²) < 4.78 is 6.20. The molecule has 1 aliphatic rings. The second kappa shape index (κ2) is 5.66. The van der Waals surface area contributed by atoms with E-state index in [9.17, 15) is 5.11 Å². The number of ether oxygens (including phenoxy) is 1. The van der Waals surface area contributed by atoms with E-state index >= 15 is 0 Å². The van der Waals surface area contributed by atoms with Crippen molar-refractivity contribution in [2.24, 2.45) is 5.92 Å². The van der Waals surface area contributed by atoms with Crippen molar-refractivity contribution >= 4 is 15.9 Å². The van der Waals surface area contributed by atoms with Gasteiger partial charge in [0, 0.05) is 29.7 Å². The van der Waals surface area contributed by atoms with Gasteiger partial charge in [-0.1, -0.05) is 22.0 Å². The minimum absolute atomic E-state index is 0.338. The van der Waals surface area contributed by atoms with Crippen LogP contribution in [-0.2, 0) is 11.3 Å². The van der Waals surface area contributed by atoms with Crippen molar-refractivity contribution in [3.63, 3.8) is 0 Å². The highest BCUT2D eigenvalue weighted by Gasteiger charge is 2.14. The monoisotopic (exact) mass is 285 g/mol. The highest BCUT2D eigenvalue weighted by atomic mass is 79.9. The first-order valence-electron chi connectivity index (χ1n) is 5.51. The Kier molecular flexibility index (Phi) is 4.21. The molecule has 1 aliphatic heterocycles. The van der Waals surface area contributed by atoms with Gasteiger partial charge in [-0.15, -0.1) is 0 Å². The van der Waals surface area contributed by atoms with Gasteiger partial charge in [-0.2, -0.15) is 0 Å². The Morgan fingerprint density at radius 3 is 3.06 bits per heavy atom. The van der Waals surface area contributed by atoms with Gasteiger partial charge in [-0.3, -0.25) is 0 Å². The topological polar surface area (TPSA) is 41.5 Å². The zero-order valence-corrected chi connectivity index (χ0v) is 10.7. The van der Waals surface area contributed by atoms with E-state index in [0.717, 1.165) is 36.2 Å². The molecule has 0 aliphatic carbocycles. The smallest absolute Gasteiger partial charge is 0.121 e. The highest BCUT2D eigenvalue weighted by molar-refractivity contribution is 9.10. The van der Waals surface area contributed by atoms with E-state index in [1.165, 1.54) is 0 Å². The summed E-state index contributed by atoms with van der Waals surface area (Å²) in [5.41, 5.74) is 0.933. The lowest BCUT2D eigenvalue weighted by molar-refractivity contribution is 0.185. The number of hydrogen-bond donors (Lipinski definition) is 2. The first-order chi connectivity index (χ1) is 7.75. The lowest BCUT2D eigenvalue weighted by Gasteiger charge is -2.10. The van der Waals surface area contributed by atoms with Crippen LogP contribution in [0.4, 0.5) is 0 Å². The normalized spacial score (nSPS) is 20.2. The predicted octanol–water partition coefficient (Wildman–Crippen LogP) is 2.28. The molecule has 1 aromatic carbocycles. The molecule has 4 heteroatoms. The fraction of sp³-hybridized carbons (Fsp3) is 0.500. The second-order valence-electron chi connectivity index (χ2n) is 4.13. The standard InChI is InChI=1S/C12H16BrNO2/c13-11-2-1-10(12(15)5-11)7-14-6-9-3-4-16-8-9/h1-2,5,9,14-15H,3-4,6-8H2. The van der Waals surface area contributed by atoms with Gasteiger partial charge in [0.15, 0.2) is 0 Å². The van der Waals surface area contributed by atoms with Crippen LogP contribution < -0.4 is 5.32 Å². The van der Waals surface area contributed by atoms with E-state index in [-0.39, 0.29) is 0 Å². The van der Waals surface area contributed by atoms with Crippen molar-refractivity contribution in [1.29, 1.82) is 0 Å². The molecular weight excluding hydrogens is 270 g/mol. The Morgan fingerprint density at radius 1 is 1.50 bits per heavy atom. The van der Waals surface area contributed by atoms with Crippen molar-refractivity contribution in [3.8, 4) is 5.75 Å². The summed E-state index contributed by atoms with van der Waals surface area (Å²) in [5.74, 6) is 0.960. The fourth-order valence-corrected chi connectivity index (χ4v) is 2.19. The van der Waals surface area contributed by atoms with Crippen molar-refractivity contribution in [3.05, 3.63) is 28.2 Å². The lowest BCUT2D eigenvalue weighted by atomic mass is 10.1. The summed E-state index contributed by atoms with van der Waals surface area (Å²) in [6.45, 7) is 3.40. The minimum atomic E-state index is 0.338. The average Bonchev–Trinajstić information content (AvgIpc) is 2.74. The number of nitrogens with one attached hydrogen (secondary N) is 1. The fourth-order valence-electron chi connectivity index (χ4n) is 1.84. The molecule has 0 radical (unpaired) electrons. The van der Waals surface area contributed by atoms with Crippen LogP contribution in [-0.4, -0.2) is 24.9 Å². The number of aromatic hydroxyl groups is 1. The van der Waals surface area contributed by atoms with Gasteiger partial charge in [0.2, 0.25) is 0 Å². The molecule has 0 saturated carbocycles. The van der Waals surface area contributed by atoms with E-state index in [1.54, 1.807) is 6.07 Å². The predicted molar refractivity (Wildman–Crippen MR) is 66.4 cm³/mol. The van der Waals surface area contributed by atoms with Gasteiger partial charge in [-0.25, -0.2) is 0 Å². The maximum absolute atomic E-state index is 9.69. The molecule has 1 saturated heterocycles. The van der Waals surface area contributed by atoms with E-state index in [2.05, 4.69) is 21.2 Å². The van der Waals surface area contributed by atoms with Crippen molar-refractivity contribution in [2.45, 2.75) is 13.0 Å². The van der Waals surface area contributed by atoms with Gasteiger partial charge >= 0.3 is 0 Å². The van der Waals surface area contributed by atoms with E-state index in [1.807, 2.05) is 12.1 Å². The van der Waals surface area contributed by atoms with Gasteiger partial charge < -0.3 is 15.2 Å². The molecule has 1 unspecified atom stereocenters. The molecule has 2 N–H and O–H groups in total. The van der Waals surface area contributed by atoms with Crippen molar-refractivity contribution < 1.29 is 9.84 Å². The summed E-state index contributed by atoms with van der Waals surface area (Å²) in [6.07, 6.45) is 1.14. The third-order valence-corrected chi connectivity index (χ3v) is 3.31. The summed E-state index contributed by atoms with van der Waals surface area (Å²) in [6, 6.07) is 5.59. The van der Waals surface area contributed by atoms with Crippen LogP contribution in [0.25, 0.3) is 0 Å². The van der Waals surface area contributed by atoms with Crippen molar-refractivity contribution in [2.75, 3.05) is 19.8 Å². The van der Waals surface area contributed by atoms with Crippen LogP contribution >= 0.6 is 15.9 Å². The number of phenolic OH excluding ortho intramolecular Hbond substituents is 1. The third-order valence-electron chi connectivity index (χ3n) is 2.82. The Labute approximate surface area is 104 Å². The van der Waals surface area contributed by atoms with Crippen LogP contribution in [0.15, 0.2) is 22.7 Å². The van der Waals surface area contributed by atoms with E-state index in [4.69, 9.17) is 4.74 Å². The van der Waals surface area contributed by atoms with Gasteiger partial charge in [0.1, 0.15) is 5.75 Å². The Morgan fingerprint density at radius 2 is 2.38 bits per heavy atom. The molecule has 88 valence electrons. The van der Waals surface area contributed by atoms with Crippen LogP contribution in [0.3, 0.4) is 0 Å². The highest BCUT2D eigenvalue weighted by Crippen LogP contribution is 2.22. The number of rotatable bonds is 4. The van der Waals surface area contributed by atoms with Crippen molar-refractivity contribution in [1.82, 2.24) is 5.32 Å². The van der Waals surface area contributed by atoms with Gasteiger partial charge in [0.05, 0.1) is 6.61 Å². The molecule has 0 aromatic heterocycles. The largest absolute Gasteiger partial charge is 0.508 e. The summed E-state index contributed by atoms with van der Waals surface area (Å²) >= 11 is 3.32. The molecule has 1 atom stereocenters. The molecule has 0 spiro atoms. The van der Waals surface area contributed by atoms with Crippen LogP contribution in [0.1, 0.15) is 12.0 Å². The van der Waals surface area contributed by atoms with Gasteiger partial charge in [0.25, 0.3) is 0 Å². The quantitative estimate of drug-likeness (QED) is 0.892. The summed E-state index contributed by atoms with van der Waals surface area (Å²) in [4.78, 5) is 0. The summed E-state index contributed by atoms with van der Waals surface area (Å²) in [7, 11) is 0. The molecule has 2 rings (SSSR count).